The molecule has 0 N–H and O–H groups in total. The Hall–Kier alpha value is -5.52. The quantitative estimate of drug-likeness (QED) is 0.195. The van der Waals surface area contributed by atoms with Crippen LogP contribution in [0.5, 0.6) is 0 Å². The second kappa shape index (κ2) is 10.8. The Morgan fingerprint density at radius 2 is 1.06 bits per heavy atom. The summed E-state index contributed by atoms with van der Waals surface area (Å²) < 4.78 is 0. The van der Waals surface area contributed by atoms with E-state index in [4.69, 9.17) is 15.0 Å². The van der Waals surface area contributed by atoms with E-state index in [0.29, 0.717) is 17.5 Å². The summed E-state index contributed by atoms with van der Waals surface area (Å²) >= 11 is 1.83. The second-order valence-corrected chi connectivity index (χ2v) is 13.6. The Morgan fingerprint density at radius 1 is 0.511 bits per heavy atom. The molecule has 7 aromatic rings. The summed E-state index contributed by atoms with van der Waals surface area (Å²) in [5, 5.41) is 0. The van der Waals surface area contributed by atoms with Crippen LogP contribution >= 0.6 is 11.8 Å². The van der Waals surface area contributed by atoms with Gasteiger partial charge in [-0.15, -0.1) is 0 Å². The van der Waals surface area contributed by atoms with Crippen LogP contribution in [0.4, 0.5) is 17.1 Å². The number of rotatable bonds is 4. The first kappa shape index (κ1) is 27.8. The van der Waals surface area contributed by atoms with E-state index in [1.807, 2.05) is 72.4 Å². The van der Waals surface area contributed by atoms with Crippen LogP contribution in [0.2, 0.25) is 0 Å². The van der Waals surface area contributed by atoms with Crippen molar-refractivity contribution in [3.8, 4) is 45.3 Å². The molecule has 1 aliphatic carbocycles. The molecule has 2 aliphatic rings. The highest BCUT2D eigenvalue weighted by atomic mass is 32.2. The summed E-state index contributed by atoms with van der Waals surface area (Å²) in [6.45, 7) is 4.68. The fourth-order valence-electron chi connectivity index (χ4n) is 7.00. The summed E-state index contributed by atoms with van der Waals surface area (Å²) in [6, 6.07) is 51.1. The van der Waals surface area contributed by atoms with Crippen LogP contribution < -0.4 is 4.90 Å². The van der Waals surface area contributed by atoms with Gasteiger partial charge >= 0.3 is 0 Å². The second-order valence-electron chi connectivity index (χ2n) is 12.5. The zero-order valence-corrected chi connectivity index (χ0v) is 26.9. The Labute approximate surface area is 278 Å². The highest BCUT2D eigenvalue weighted by Gasteiger charge is 2.40. The molecule has 0 spiro atoms. The maximum Gasteiger partial charge on any atom is 0.164 e. The number of hydrogen-bond acceptors (Lipinski definition) is 5. The molecule has 5 heteroatoms. The van der Waals surface area contributed by atoms with Gasteiger partial charge in [-0.05, 0) is 53.1 Å². The number of aromatic nitrogens is 3. The fraction of sp³-hybridized carbons (Fsp3) is 0.0714. The van der Waals surface area contributed by atoms with Crippen molar-refractivity contribution in [1.29, 1.82) is 0 Å². The zero-order chi connectivity index (χ0) is 31.5. The SMILES string of the molecule is CC1(C)c2ccccc2-c2c1ccc1c2N(c2ccccc2)c2cc(-c3nc(-c4ccccc4)nc(-c4ccccc4)n3)ccc2S1. The number of anilines is 3. The maximum absolute atomic E-state index is 5.05. The standard InChI is InChI=1S/C42H30N4S/c1-42(2)32-21-13-12-20-31(32)37-33(42)23-25-36-38(37)46(30-18-10-5-11-19-30)34-26-29(22-24-35(34)47-36)41-44-39(27-14-6-3-7-15-27)43-40(45-41)28-16-8-4-9-17-28/h3-26H,1-2H3. The van der Waals surface area contributed by atoms with Gasteiger partial charge < -0.3 is 4.90 Å². The summed E-state index contributed by atoms with van der Waals surface area (Å²) in [4.78, 5) is 19.9. The first-order chi connectivity index (χ1) is 23.1. The molecule has 0 amide bonds. The first-order valence-corrected chi connectivity index (χ1v) is 16.7. The molecule has 0 atom stereocenters. The van der Waals surface area contributed by atoms with Gasteiger partial charge in [-0.25, -0.2) is 15.0 Å². The normalized spacial score (nSPS) is 13.8. The van der Waals surface area contributed by atoms with E-state index >= 15 is 0 Å². The van der Waals surface area contributed by atoms with Crippen molar-refractivity contribution >= 4 is 28.8 Å². The predicted molar refractivity (Wildman–Crippen MR) is 193 cm³/mol. The monoisotopic (exact) mass is 622 g/mol. The van der Waals surface area contributed by atoms with E-state index in [9.17, 15) is 0 Å². The van der Waals surface area contributed by atoms with Crippen molar-refractivity contribution < 1.29 is 0 Å². The zero-order valence-electron chi connectivity index (χ0n) is 26.1. The molecule has 4 nitrogen and oxygen atoms in total. The lowest BCUT2D eigenvalue weighted by molar-refractivity contribution is 0.660. The van der Waals surface area contributed by atoms with Gasteiger partial charge in [0.25, 0.3) is 0 Å². The van der Waals surface area contributed by atoms with Gasteiger partial charge in [-0.3, -0.25) is 0 Å². The van der Waals surface area contributed by atoms with E-state index in [2.05, 4.69) is 104 Å². The number of para-hydroxylation sites is 1. The molecule has 0 saturated carbocycles. The fourth-order valence-corrected chi connectivity index (χ4v) is 8.05. The molecule has 0 bridgehead atoms. The number of hydrogen-bond donors (Lipinski definition) is 0. The molecule has 9 rings (SSSR count). The molecule has 1 aliphatic heterocycles. The molecular formula is C42H30N4S. The molecule has 0 fully saturated rings. The van der Waals surface area contributed by atoms with Crippen LogP contribution in [0, 0.1) is 0 Å². The van der Waals surface area contributed by atoms with Crippen LogP contribution in [0.3, 0.4) is 0 Å². The number of fused-ring (bicyclic) bond motifs is 6. The number of nitrogens with zero attached hydrogens (tertiary/aromatic N) is 4. The molecule has 0 unspecified atom stereocenters. The minimum absolute atomic E-state index is 0.0946. The van der Waals surface area contributed by atoms with Crippen LogP contribution in [0.1, 0.15) is 25.0 Å². The minimum atomic E-state index is -0.0946. The maximum atomic E-state index is 5.05. The molecule has 0 radical (unpaired) electrons. The third-order valence-electron chi connectivity index (χ3n) is 9.30. The van der Waals surface area contributed by atoms with Gasteiger partial charge in [0.1, 0.15) is 0 Å². The molecule has 2 heterocycles. The molecule has 6 aromatic carbocycles. The van der Waals surface area contributed by atoms with Gasteiger partial charge in [0.15, 0.2) is 17.5 Å². The molecule has 1 aromatic heterocycles. The van der Waals surface area contributed by atoms with Crippen LogP contribution in [-0.4, -0.2) is 15.0 Å². The van der Waals surface area contributed by atoms with Crippen LogP contribution in [-0.2, 0) is 5.41 Å². The van der Waals surface area contributed by atoms with Crippen LogP contribution in [0.15, 0.2) is 155 Å². The Balaban J connectivity index is 1.27. The Bertz CT molecular complexity index is 2240. The van der Waals surface area contributed by atoms with Gasteiger partial charge in [0.05, 0.1) is 11.4 Å². The van der Waals surface area contributed by atoms with Gasteiger partial charge in [0, 0.05) is 43.1 Å². The highest BCUT2D eigenvalue weighted by molar-refractivity contribution is 7.99. The van der Waals surface area contributed by atoms with Crippen molar-refractivity contribution in [3.63, 3.8) is 0 Å². The summed E-state index contributed by atoms with van der Waals surface area (Å²) in [7, 11) is 0. The molecule has 224 valence electrons. The Kier molecular flexibility index (Phi) is 6.37. The molecule has 47 heavy (non-hydrogen) atoms. The van der Waals surface area contributed by atoms with E-state index in [1.54, 1.807) is 0 Å². The lowest BCUT2D eigenvalue weighted by Gasteiger charge is -2.35. The van der Waals surface area contributed by atoms with E-state index in [0.717, 1.165) is 28.1 Å². The average molecular weight is 623 g/mol. The average Bonchev–Trinajstić information content (AvgIpc) is 3.37. The highest BCUT2D eigenvalue weighted by Crippen LogP contribution is 2.60. The summed E-state index contributed by atoms with van der Waals surface area (Å²) in [5.41, 5.74) is 11.6. The largest absolute Gasteiger partial charge is 0.308 e. The lowest BCUT2D eigenvalue weighted by atomic mass is 9.82. The number of benzene rings is 6. The third-order valence-corrected chi connectivity index (χ3v) is 10.4. The van der Waals surface area contributed by atoms with Crippen molar-refractivity contribution in [1.82, 2.24) is 15.0 Å². The minimum Gasteiger partial charge on any atom is -0.308 e. The van der Waals surface area contributed by atoms with E-state index < -0.39 is 0 Å². The third kappa shape index (κ3) is 4.49. The van der Waals surface area contributed by atoms with Crippen molar-refractivity contribution in [3.05, 3.63) is 157 Å². The van der Waals surface area contributed by atoms with E-state index in [-0.39, 0.29) is 5.41 Å². The van der Waals surface area contributed by atoms with Crippen molar-refractivity contribution in [2.75, 3.05) is 4.90 Å². The van der Waals surface area contributed by atoms with Crippen molar-refractivity contribution in [2.24, 2.45) is 0 Å². The topological polar surface area (TPSA) is 41.9 Å². The first-order valence-electron chi connectivity index (χ1n) is 15.9. The van der Waals surface area contributed by atoms with Crippen LogP contribution in [0.25, 0.3) is 45.3 Å². The smallest absolute Gasteiger partial charge is 0.164 e. The summed E-state index contributed by atoms with van der Waals surface area (Å²) in [5.74, 6) is 1.96. The molecular weight excluding hydrogens is 593 g/mol. The van der Waals surface area contributed by atoms with E-state index in [1.165, 1.54) is 37.7 Å². The molecule has 0 saturated heterocycles. The van der Waals surface area contributed by atoms with Gasteiger partial charge in [-0.2, -0.15) is 0 Å². The predicted octanol–water partition coefficient (Wildman–Crippen LogP) is 11.1. The Morgan fingerprint density at radius 3 is 1.72 bits per heavy atom. The lowest BCUT2D eigenvalue weighted by Crippen LogP contribution is -2.18. The van der Waals surface area contributed by atoms with Gasteiger partial charge in [0.2, 0.25) is 0 Å². The van der Waals surface area contributed by atoms with Crippen molar-refractivity contribution in [2.45, 2.75) is 29.1 Å². The summed E-state index contributed by atoms with van der Waals surface area (Å²) in [6.07, 6.45) is 0. The van der Waals surface area contributed by atoms with Gasteiger partial charge in [-0.1, -0.05) is 135 Å².